The lowest BCUT2D eigenvalue weighted by Gasteiger charge is -2.35. The van der Waals surface area contributed by atoms with Crippen LogP contribution in [0.15, 0.2) is 18.2 Å². The average molecular weight is 275 g/mol. The van der Waals surface area contributed by atoms with Crippen LogP contribution in [0.5, 0.6) is 5.75 Å². The maximum absolute atomic E-state index is 13.8. The van der Waals surface area contributed by atoms with Gasteiger partial charge in [0.15, 0.2) is 11.6 Å². The summed E-state index contributed by atoms with van der Waals surface area (Å²) >= 11 is 0. The Kier molecular flexibility index (Phi) is 3.18. The highest BCUT2D eigenvalue weighted by molar-refractivity contribution is 5.33. The summed E-state index contributed by atoms with van der Waals surface area (Å²) in [5.41, 5.74) is -0.276. The molecule has 2 saturated carbocycles. The van der Waals surface area contributed by atoms with Crippen LogP contribution < -0.4 is 4.74 Å². The van der Waals surface area contributed by atoms with Crippen molar-refractivity contribution in [1.29, 1.82) is 5.26 Å². The Hall–Kier alpha value is -1.60. The first-order valence-corrected chi connectivity index (χ1v) is 7.03. The van der Waals surface area contributed by atoms with Crippen LogP contribution in [0.3, 0.4) is 0 Å². The largest absolute Gasteiger partial charge is 0.494 e. The first-order chi connectivity index (χ1) is 9.60. The number of hydrogen-bond acceptors (Lipinski definition) is 3. The van der Waals surface area contributed by atoms with Crippen molar-refractivity contribution in [1.82, 2.24) is 0 Å². The Bertz CT molecular complexity index is 568. The highest BCUT2D eigenvalue weighted by atomic mass is 19.1. The third kappa shape index (κ3) is 1.81. The summed E-state index contributed by atoms with van der Waals surface area (Å²) in [4.78, 5) is 0. The van der Waals surface area contributed by atoms with Crippen LogP contribution in [-0.4, -0.2) is 12.2 Å². The monoisotopic (exact) mass is 275 g/mol. The lowest BCUT2D eigenvalue weighted by atomic mass is 9.68. The molecule has 0 aliphatic heterocycles. The minimum Gasteiger partial charge on any atom is -0.494 e. The van der Waals surface area contributed by atoms with Crippen LogP contribution in [0.1, 0.15) is 37.4 Å². The van der Waals surface area contributed by atoms with E-state index in [0.29, 0.717) is 11.5 Å². The van der Waals surface area contributed by atoms with Crippen molar-refractivity contribution < 1.29 is 14.2 Å². The highest BCUT2D eigenvalue weighted by Crippen LogP contribution is 2.60. The molecule has 0 heterocycles. The Morgan fingerprint density at radius 3 is 2.80 bits per heavy atom. The Morgan fingerprint density at radius 2 is 2.30 bits per heavy atom. The molecule has 0 spiro atoms. The molecule has 0 saturated heterocycles. The number of methoxy groups -OCH3 is 1. The van der Waals surface area contributed by atoms with Gasteiger partial charge in [-0.25, -0.2) is 4.39 Å². The van der Waals surface area contributed by atoms with E-state index in [1.807, 2.05) is 0 Å². The third-order valence-corrected chi connectivity index (χ3v) is 5.08. The van der Waals surface area contributed by atoms with Crippen molar-refractivity contribution in [2.75, 3.05) is 7.11 Å². The van der Waals surface area contributed by atoms with E-state index in [9.17, 15) is 14.8 Å². The molecule has 2 aliphatic rings. The molecule has 1 N–H and O–H groups in total. The molecule has 3 nitrogen and oxygen atoms in total. The highest BCUT2D eigenvalue weighted by Gasteiger charge is 2.55. The minimum atomic E-state index is -0.928. The molecule has 3 rings (SSSR count). The molecule has 4 heteroatoms. The van der Waals surface area contributed by atoms with E-state index in [4.69, 9.17) is 4.74 Å². The fourth-order valence-electron chi connectivity index (χ4n) is 4.06. The predicted octanol–water partition coefficient (Wildman–Crippen LogP) is 3.20. The quantitative estimate of drug-likeness (QED) is 0.921. The number of nitrogens with zero attached hydrogens (tertiary/aromatic N) is 1. The van der Waals surface area contributed by atoms with Gasteiger partial charge in [-0.05, 0) is 48.8 Å². The lowest BCUT2D eigenvalue weighted by molar-refractivity contribution is 0.0231. The molecule has 4 atom stereocenters. The van der Waals surface area contributed by atoms with E-state index in [0.717, 1.165) is 25.7 Å². The topological polar surface area (TPSA) is 53.2 Å². The van der Waals surface area contributed by atoms with Gasteiger partial charge in [-0.15, -0.1) is 0 Å². The standard InChI is InChI=1S/C16H18FNO2/c1-20-14-5-3-11(7-13(14)17)15(19)16(9-18)8-10-2-4-12(16)6-10/h3,5,7,10,12,15,19H,2,4,6,8H2,1H3. The second-order valence-corrected chi connectivity index (χ2v) is 6.03. The molecule has 20 heavy (non-hydrogen) atoms. The Labute approximate surface area is 118 Å². The van der Waals surface area contributed by atoms with E-state index in [1.165, 1.54) is 19.2 Å². The van der Waals surface area contributed by atoms with Crippen LogP contribution in [0, 0.1) is 34.4 Å². The zero-order chi connectivity index (χ0) is 14.3. The van der Waals surface area contributed by atoms with Crippen LogP contribution in [0.2, 0.25) is 0 Å². The molecular formula is C16H18FNO2. The zero-order valence-electron chi connectivity index (χ0n) is 11.5. The van der Waals surface area contributed by atoms with Gasteiger partial charge in [0.2, 0.25) is 0 Å². The molecule has 0 radical (unpaired) electrons. The summed E-state index contributed by atoms with van der Waals surface area (Å²) in [6, 6.07) is 6.79. The van der Waals surface area contributed by atoms with Crippen LogP contribution in [-0.2, 0) is 0 Å². The number of rotatable bonds is 3. The normalized spacial score (nSPS) is 32.9. The number of ether oxygens (including phenoxy) is 1. The molecule has 4 unspecified atom stereocenters. The summed E-state index contributed by atoms with van der Waals surface area (Å²) < 4.78 is 18.7. The van der Waals surface area contributed by atoms with Gasteiger partial charge in [-0.2, -0.15) is 5.26 Å². The van der Waals surface area contributed by atoms with Crippen LogP contribution in [0.4, 0.5) is 4.39 Å². The van der Waals surface area contributed by atoms with Crippen molar-refractivity contribution in [2.24, 2.45) is 17.3 Å². The first kappa shape index (κ1) is 13.4. The summed E-state index contributed by atoms with van der Waals surface area (Å²) in [6.07, 6.45) is 2.96. The van der Waals surface area contributed by atoms with Gasteiger partial charge < -0.3 is 9.84 Å². The van der Waals surface area contributed by atoms with Gasteiger partial charge in [0, 0.05) is 0 Å². The SMILES string of the molecule is COc1ccc(C(O)C2(C#N)CC3CCC2C3)cc1F. The second-order valence-electron chi connectivity index (χ2n) is 6.03. The zero-order valence-corrected chi connectivity index (χ0v) is 11.5. The number of halogens is 1. The van der Waals surface area contributed by atoms with Gasteiger partial charge in [0.05, 0.1) is 24.7 Å². The average Bonchev–Trinajstić information content (AvgIpc) is 3.07. The summed E-state index contributed by atoms with van der Waals surface area (Å²) in [6.45, 7) is 0. The van der Waals surface area contributed by atoms with Crippen molar-refractivity contribution >= 4 is 0 Å². The number of aliphatic hydroxyl groups excluding tert-OH is 1. The van der Waals surface area contributed by atoms with E-state index >= 15 is 0 Å². The first-order valence-electron chi connectivity index (χ1n) is 7.03. The molecule has 106 valence electrons. The van der Waals surface area contributed by atoms with Crippen molar-refractivity contribution in [2.45, 2.75) is 31.8 Å². The minimum absolute atomic E-state index is 0.153. The summed E-state index contributed by atoms with van der Waals surface area (Å²) in [7, 11) is 1.40. The Morgan fingerprint density at radius 1 is 1.50 bits per heavy atom. The number of fused-ring (bicyclic) bond motifs is 2. The molecular weight excluding hydrogens is 257 g/mol. The van der Waals surface area contributed by atoms with E-state index in [2.05, 4.69) is 6.07 Å². The fraction of sp³-hybridized carbons (Fsp3) is 0.562. The maximum Gasteiger partial charge on any atom is 0.165 e. The summed E-state index contributed by atoms with van der Waals surface area (Å²) in [5, 5.41) is 20.3. The fourth-order valence-corrected chi connectivity index (χ4v) is 4.06. The van der Waals surface area contributed by atoms with Crippen LogP contribution in [0.25, 0.3) is 0 Å². The Balaban J connectivity index is 1.94. The molecule has 2 fully saturated rings. The van der Waals surface area contributed by atoms with Gasteiger partial charge in [-0.1, -0.05) is 12.5 Å². The molecule has 2 bridgehead atoms. The van der Waals surface area contributed by atoms with Gasteiger partial charge in [0.25, 0.3) is 0 Å². The smallest absolute Gasteiger partial charge is 0.165 e. The molecule has 0 amide bonds. The van der Waals surface area contributed by atoms with Crippen LogP contribution >= 0.6 is 0 Å². The van der Waals surface area contributed by atoms with E-state index < -0.39 is 17.3 Å². The molecule has 1 aromatic carbocycles. The van der Waals surface area contributed by atoms with Crippen molar-refractivity contribution in [3.8, 4) is 11.8 Å². The maximum atomic E-state index is 13.8. The molecule has 1 aromatic rings. The van der Waals surface area contributed by atoms with Crippen molar-refractivity contribution in [3.05, 3.63) is 29.6 Å². The number of nitriles is 1. The third-order valence-electron chi connectivity index (χ3n) is 5.08. The van der Waals surface area contributed by atoms with Gasteiger partial charge in [-0.3, -0.25) is 0 Å². The summed E-state index contributed by atoms with van der Waals surface area (Å²) in [5.74, 6) is 0.426. The molecule has 0 aromatic heterocycles. The van der Waals surface area contributed by atoms with Gasteiger partial charge in [0.1, 0.15) is 0 Å². The number of hydrogen-bond donors (Lipinski definition) is 1. The lowest BCUT2D eigenvalue weighted by Crippen LogP contribution is -2.33. The van der Waals surface area contributed by atoms with E-state index in [-0.39, 0.29) is 11.7 Å². The molecule has 2 aliphatic carbocycles. The van der Waals surface area contributed by atoms with Crippen molar-refractivity contribution in [3.63, 3.8) is 0 Å². The van der Waals surface area contributed by atoms with Gasteiger partial charge >= 0.3 is 0 Å². The van der Waals surface area contributed by atoms with E-state index in [1.54, 1.807) is 6.07 Å². The number of benzene rings is 1. The number of aliphatic hydroxyl groups is 1. The second kappa shape index (κ2) is 4.75. The predicted molar refractivity (Wildman–Crippen MR) is 71.4 cm³/mol.